The van der Waals surface area contributed by atoms with Gasteiger partial charge in [0.05, 0.1) is 24.1 Å². The number of ether oxygens (including phenoxy) is 1. The van der Waals surface area contributed by atoms with Gasteiger partial charge in [-0.15, -0.1) is 0 Å². The number of hydrogen-bond donors (Lipinski definition) is 0. The molecule has 3 amide bonds. The third-order valence-electron chi connectivity index (χ3n) is 4.37. The highest BCUT2D eigenvalue weighted by molar-refractivity contribution is 7.89. The summed E-state index contributed by atoms with van der Waals surface area (Å²) in [6.07, 6.45) is 0.737. The molecule has 1 aliphatic heterocycles. The molecule has 0 bridgehead atoms. The van der Waals surface area contributed by atoms with Gasteiger partial charge in [0.25, 0.3) is 15.9 Å². The van der Waals surface area contributed by atoms with E-state index >= 15 is 0 Å². The summed E-state index contributed by atoms with van der Waals surface area (Å²) < 4.78 is 31.5. The van der Waals surface area contributed by atoms with Gasteiger partial charge >= 0.3 is 12.0 Å². The molecule has 30 heavy (non-hydrogen) atoms. The van der Waals surface area contributed by atoms with E-state index in [2.05, 4.69) is 0 Å². The summed E-state index contributed by atoms with van der Waals surface area (Å²) >= 11 is 0. The van der Waals surface area contributed by atoms with Gasteiger partial charge in [0.1, 0.15) is 5.70 Å². The molecule has 0 aliphatic carbocycles. The zero-order chi connectivity index (χ0) is 21.9. The fourth-order valence-corrected chi connectivity index (χ4v) is 4.28. The van der Waals surface area contributed by atoms with E-state index in [1.807, 2.05) is 0 Å². The van der Waals surface area contributed by atoms with Gasteiger partial charge in [-0.3, -0.25) is 9.69 Å². The van der Waals surface area contributed by atoms with E-state index in [0.29, 0.717) is 9.87 Å². The summed E-state index contributed by atoms with van der Waals surface area (Å²) in [5, 5.41) is 0. The van der Waals surface area contributed by atoms with Crippen molar-refractivity contribution in [1.29, 1.82) is 0 Å². The molecule has 8 nitrogen and oxygen atoms in total. The molecule has 0 aromatic heterocycles. The minimum atomic E-state index is -4.43. The first-order valence-corrected chi connectivity index (χ1v) is 10.6. The van der Waals surface area contributed by atoms with E-state index < -0.39 is 33.6 Å². The van der Waals surface area contributed by atoms with E-state index in [1.54, 1.807) is 56.3 Å². The van der Waals surface area contributed by atoms with Crippen LogP contribution in [0.5, 0.6) is 0 Å². The molecule has 1 fully saturated rings. The summed E-state index contributed by atoms with van der Waals surface area (Å²) in [6.45, 7) is 3.25. The van der Waals surface area contributed by atoms with Crippen molar-refractivity contribution in [3.63, 3.8) is 0 Å². The fraction of sp³-hybridized carbons (Fsp3) is 0.190. The van der Waals surface area contributed by atoms with Gasteiger partial charge in [0.15, 0.2) is 0 Å². The molecular formula is C21H20N2O6S. The zero-order valence-corrected chi connectivity index (χ0v) is 17.3. The lowest BCUT2D eigenvalue weighted by Gasteiger charge is -2.17. The van der Waals surface area contributed by atoms with Crippen molar-refractivity contribution in [2.75, 3.05) is 6.61 Å². The van der Waals surface area contributed by atoms with Crippen LogP contribution < -0.4 is 0 Å². The molecule has 0 saturated carbocycles. The fourth-order valence-electron chi connectivity index (χ4n) is 2.89. The highest BCUT2D eigenvalue weighted by Gasteiger charge is 2.48. The normalized spacial score (nSPS) is 15.7. The second-order valence-corrected chi connectivity index (χ2v) is 8.31. The number of benzene rings is 2. The van der Waals surface area contributed by atoms with E-state index in [4.69, 9.17) is 4.74 Å². The maximum absolute atomic E-state index is 13.2. The summed E-state index contributed by atoms with van der Waals surface area (Å²) in [4.78, 5) is 38.5. The Labute approximate surface area is 174 Å². The number of carbonyl (C=O) groups excluding carboxylic acids is 3. The number of carbonyl (C=O) groups is 3. The van der Waals surface area contributed by atoms with E-state index in [9.17, 15) is 22.8 Å². The minimum absolute atomic E-state index is 0.0309. The number of sulfonamides is 1. The molecule has 1 saturated heterocycles. The Morgan fingerprint density at radius 2 is 1.67 bits per heavy atom. The van der Waals surface area contributed by atoms with Crippen LogP contribution in [0.25, 0.3) is 0 Å². The summed E-state index contributed by atoms with van der Waals surface area (Å²) in [5.74, 6) is -1.81. The van der Waals surface area contributed by atoms with Gasteiger partial charge in [0.2, 0.25) is 0 Å². The molecule has 0 unspecified atom stereocenters. The van der Waals surface area contributed by atoms with Crippen molar-refractivity contribution in [3.8, 4) is 0 Å². The summed E-state index contributed by atoms with van der Waals surface area (Å²) in [6, 6.07) is 13.4. The van der Waals surface area contributed by atoms with Crippen LogP contribution in [0.15, 0.2) is 71.3 Å². The lowest BCUT2D eigenvalue weighted by Crippen LogP contribution is -2.36. The van der Waals surface area contributed by atoms with E-state index in [0.717, 1.165) is 16.5 Å². The number of rotatable bonds is 6. The van der Waals surface area contributed by atoms with Crippen LogP contribution >= 0.6 is 0 Å². The van der Waals surface area contributed by atoms with Crippen LogP contribution in [0.1, 0.15) is 18.1 Å². The second-order valence-electron chi connectivity index (χ2n) is 6.52. The van der Waals surface area contributed by atoms with Gasteiger partial charge in [-0.25, -0.2) is 18.0 Å². The Morgan fingerprint density at radius 1 is 1.03 bits per heavy atom. The number of aryl methyl sites for hydroxylation is 1. The highest BCUT2D eigenvalue weighted by atomic mass is 32.2. The molecule has 0 radical (unpaired) electrons. The Morgan fingerprint density at radius 3 is 2.27 bits per heavy atom. The van der Waals surface area contributed by atoms with Crippen molar-refractivity contribution in [1.82, 2.24) is 9.21 Å². The minimum Gasteiger partial charge on any atom is -0.463 e. The first-order valence-electron chi connectivity index (χ1n) is 9.16. The monoisotopic (exact) mass is 428 g/mol. The average Bonchev–Trinajstić information content (AvgIpc) is 2.94. The Hall–Kier alpha value is -3.46. The number of esters is 1. The highest BCUT2D eigenvalue weighted by Crippen LogP contribution is 2.30. The van der Waals surface area contributed by atoms with Crippen molar-refractivity contribution in [2.24, 2.45) is 0 Å². The summed E-state index contributed by atoms with van der Waals surface area (Å²) in [7, 11) is -4.43. The van der Waals surface area contributed by atoms with Crippen molar-refractivity contribution in [2.45, 2.75) is 25.3 Å². The molecule has 0 N–H and O–H groups in total. The maximum atomic E-state index is 13.2. The van der Waals surface area contributed by atoms with Crippen LogP contribution in [0.3, 0.4) is 0 Å². The van der Waals surface area contributed by atoms with Gasteiger partial charge in [-0.05, 0) is 31.5 Å². The van der Waals surface area contributed by atoms with Crippen LogP contribution in [0.4, 0.5) is 4.79 Å². The second kappa shape index (κ2) is 8.50. The molecular weight excluding hydrogens is 408 g/mol. The van der Waals surface area contributed by atoms with Crippen LogP contribution in [-0.4, -0.2) is 42.1 Å². The van der Waals surface area contributed by atoms with Gasteiger partial charge < -0.3 is 4.74 Å². The number of urea groups is 1. The maximum Gasteiger partial charge on any atom is 0.346 e. The largest absolute Gasteiger partial charge is 0.463 e. The number of imide groups is 1. The molecule has 1 heterocycles. The molecule has 1 aliphatic rings. The smallest absolute Gasteiger partial charge is 0.346 e. The molecule has 2 aromatic carbocycles. The molecule has 2 aromatic rings. The average molecular weight is 428 g/mol. The molecule has 156 valence electrons. The van der Waals surface area contributed by atoms with Crippen LogP contribution in [-0.2, 0) is 30.9 Å². The van der Waals surface area contributed by atoms with Crippen LogP contribution in [0, 0.1) is 6.92 Å². The standard InChI is InChI=1S/C21H20N2O6S/c1-3-29-19(24)13-18-20(25)22(14-16-7-5-4-6-8-16)21(26)23(18)30(27,28)17-11-9-15(2)10-12-17/h4-13H,3,14H2,1-2H3/b18-13-. The third-order valence-corrected chi connectivity index (χ3v) is 6.07. The van der Waals surface area contributed by atoms with Gasteiger partial charge in [0, 0.05) is 0 Å². The molecule has 9 heteroatoms. The molecule has 3 rings (SSSR count). The molecule has 0 spiro atoms. The topological polar surface area (TPSA) is 101 Å². The predicted molar refractivity (Wildman–Crippen MR) is 107 cm³/mol. The number of hydrogen-bond acceptors (Lipinski definition) is 6. The molecule has 0 atom stereocenters. The zero-order valence-electron chi connectivity index (χ0n) is 16.4. The first kappa shape index (κ1) is 21.3. The Balaban J connectivity index is 2.07. The lowest BCUT2D eigenvalue weighted by molar-refractivity contribution is -0.137. The first-order chi connectivity index (χ1) is 14.3. The van der Waals surface area contributed by atoms with E-state index in [1.165, 1.54) is 12.1 Å². The third kappa shape index (κ3) is 4.11. The van der Waals surface area contributed by atoms with Crippen LogP contribution in [0.2, 0.25) is 0 Å². The van der Waals surface area contributed by atoms with Gasteiger partial charge in [-0.1, -0.05) is 48.0 Å². The quantitative estimate of drug-likeness (QED) is 0.398. The van der Waals surface area contributed by atoms with Crippen molar-refractivity contribution < 1.29 is 27.5 Å². The van der Waals surface area contributed by atoms with Crippen molar-refractivity contribution in [3.05, 3.63) is 77.5 Å². The predicted octanol–water partition coefficient (Wildman–Crippen LogP) is 2.60. The number of nitrogens with zero attached hydrogens (tertiary/aromatic N) is 2. The Bertz CT molecular complexity index is 1110. The van der Waals surface area contributed by atoms with E-state index in [-0.39, 0.29) is 18.0 Å². The van der Waals surface area contributed by atoms with Gasteiger partial charge in [-0.2, -0.15) is 4.31 Å². The lowest BCUT2D eigenvalue weighted by atomic mass is 10.2. The SMILES string of the molecule is CCOC(=O)/C=C1/C(=O)N(Cc2ccccc2)C(=O)N1S(=O)(=O)c1ccc(C)cc1. The summed E-state index contributed by atoms with van der Waals surface area (Å²) in [5.41, 5.74) is 0.880. The Kier molecular flexibility index (Phi) is 6.02. The van der Waals surface area contributed by atoms with Crippen molar-refractivity contribution >= 4 is 27.9 Å². The number of amides is 3.